The molecular formula is C16H18ClNO6. The van der Waals surface area contributed by atoms with Gasteiger partial charge in [-0.1, -0.05) is 18.5 Å². The van der Waals surface area contributed by atoms with E-state index in [1.54, 1.807) is 6.92 Å². The topological polar surface area (TPSA) is 102 Å². The molecule has 1 aromatic carbocycles. The molecule has 0 amide bonds. The summed E-state index contributed by atoms with van der Waals surface area (Å²) in [6.07, 6.45) is 0.865. The molecule has 130 valence electrons. The van der Waals surface area contributed by atoms with E-state index in [1.165, 1.54) is 25.3 Å². The van der Waals surface area contributed by atoms with Gasteiger partial charge in [0.05, 0.1) is 35.6 Å². The molecule has 0 saturated heterocycles. The lowest BCUT2D eigenvalue weighted by molar-refractivity contribution is -0.144. The molecular weight excluding hydrogens is 338 g/mol. The van der Waals surface area contributed by atoms with Crippen LogP contribution in [0.3, 0.4) is 0 Å². The number of carboxylic acids is 1. The molecule has 0 aliphatic heterocycles. The summed E-state index contributed by atoms with van der Waals surface area (Å²) in [5.41, 5.74) is 0.0502. The van der Waals surface area contributed by atoms with Gasteiger partial charge in [0.2, 0.25) is 0 Å². The Morgan fingerprint density at radius 1 is 1.38 bits per heavy atom. The summed E-state index contributed by atoms with van der Waals surface area (Å²) in [4.78, 5) is 34.6. The molecule has 0 heterocycles. The standard InChI is InChI=1S/C16H18ClNO6/c1-4-9(2)24-16(22)13(8-14(19)20)18-12-7-10(15(21)23-3)5-6-11(12)17/h5-9,18H,4H2,1-3H3,(H,19,20). The van der Waals surface area contributed by atoms with Crippen LogP contribution < -0.4 is 5.32 Å². The Labute approximate surface area is 144 Å². The molecule has 0 bridgehead atoms. The minimum Gasteiger partial charge on any atom is -0.478 e. The van der Waals surface area contributed by atoms with Gasteiger partial charge in [-0.3, -0.25) is 0 Å². The summed E-state index contributed by atoms with van der Waals surface area (Å²) in [7, 11) is 1.23. The van der Waals surface area contributed by atoms with Crippen molar-refractivity contribution in [3.8, 4) is 0 Å². The van der Waals surface area contributed by atoms with E-state index >= 15 is 0 Å². The van der Waals surface area contributed by atoms with Gasteiger partial charge in [-0.25, -0.2) is 14.4 Å². The highest BCUT2D eigenvalue weighted by atomic mass is 35.5. The Bertz CT molecular complexity index is 671. The third-order valence-electron chi connectivity index (χ3n) is 3.03. The van der Waals surface area contributed by atoms with Gasteiger partial charge in [0.25, 0.3) is 0 Å². The van der Waals surface area contributed by atoms with Crippen LogP contribution in [0.1, 0.15) is 30.6 Å². The van der Waals surface area contributed by atoms with Crippen LogP contribution in [0.5, 0.6) is 0 Å². The Balaban J connectivity index is 3.13. The number of rotatable bonds is 7. The summed E-state index contributed by atoms with van der Waals surface area (Å²) in [5.74, 6) is -2.77. The van der Waals surface area contributed by atoms with Crippen LogP contribution in [0.15, 0.2) is 30.0 Å². The fraction of sp³-hybridized carbons (Fsp3) is 0.312. The predicted molar refractivity (Wildman–Crippen MR) is 88.0 cm³/mol. The Morgan fingerprint density at radius 2 is 2.04 bits per heavy atom. The van der Waals surface area contributed by atoms with Gasteiger partial charge in [-0.2, -0.15) is 0 Å². The summed E-state index contributed by atoms with van der Waals surface area (Å²) in [6.45, 7) is 3.50. The number of hydrogen-bond donors (Lipinski definition) is 2. The van der Waals surface area contributed by atoms with Crippen molar-refractivity contribution in [2.45, 2.75) is 26.4 Å². The molecule has 1 rings (SSSR count). The monoisotopic (exact) mass is 355 g/mol. The van der Waals surface area contributed by atoms with Crippen LogP contribution >= 0.6 is 11.6 Å². The van der Waals surface area contributed by atoms with Gasteiger partial charge in [0.1, 0.15) is 5.70 Å². The molecule has 1 unspecified atom stereocenters. The van der Waals surface area contributed by atoms with Crippen LogP contribution in [0, 0.1) is 0 Å². The zero-order chi connectivity index (χ0) is 18.3. The first kappa shape index (κ1) is 19.5. The molecule has 1 atom stereocenters. The average Bonchev–Trinajstić information content (AvgIpc) is 2.54. The van der Waals surface area contributed by atoms with E-state index in [2.05, 4.69) is 10.1 Å². The molecule has 0 aliphatic carbocycles. The smallest absolute Gasteiger partial charge is 0.355 e. The predicted octanol–water partition coefficient (Wildman–Crippen LogP) is 2.85. The van der Waals surface area contributed by atoms with E-state index in [1.807, 2.05) is 6.92 Å². The summed E-state index contributed by atoms with van der Waals surface area (Å²) >= 11 is 6.02. The zero-order valence-corrected chi connectivity index (χ0v) is 14.2. The SMILES string of the molecule is CCC(C)OC(=O)C(=CC(=O)O)Nc1cc(C(=O)OC)ccc1Cl. The third kappa shape index (κ3) is 5.58. The first-order valence-electron chi connectivity index (χ1n) is 7.09. The van der Waals surface area contributed by atoms with Crippen molar-refractivity contribution < 1.29 is 29.0 Å². The van der Waals surface area contributed by atoms with Crippen LogP contribution in [-0.4, -0.2) is 36.2 Å². The highest BCUT2D eigenvalue weighted by Crippen LogP contribution is 2.25. The van der Waals surface area contributed by atoms with Crippen LogP contribution in [0.4, 0.5) is 5.69 Å². The number of anilines is 1. The van der Waals surface area contributed by atoms with E-state index in [4.69, 9.17) is 21.4 Å². The van der Waals surface area contributed by atoms with Gasteiger partial charge < -0.3 is 19.9 Å². The Kier molecular flexibility index (Phi) is 7.26. The zero-order valence-electron chi connectivity index (χ0n) is 13.5. The number of halogens is 1. The molecule has 0 saturated carbocycles. The third-order valence-corrected chi connectivity index (χ3v) is 3.36. The van der Waals surface area contributed by atoms with Crippen molar-refractivity contribution in [1.82, 2.24) is 0 Å². The van der Waals surface area contributed by atoms with Crippen LogP contribution in [0.25, 0.3) is 0 Å². The molecule has 1 aromatic rings. The van der Waals surface area contributed by atoms with Crippen LogP contribution in [-0.2, 0) is 19.1 Å². The number of hydrogen-bond acceptors (Lipinski definition) is 6. The minimum absolute atomic E-state index is 0.174. The second-order valence-electron chi connectivity index (χ2n) is 4.83. The number of nitrogens with one attached hydrogen (secondary N) is 1. The van der Waals surface area contributed by atoms with Crippen molar-refractivity contribution >= 4 is 35.2 Å². The van der Waals surface area contributed by atoms with Crippen LogP contribution in [0.2, 0.25) is 5.02 Å². The molecule has 2 N–H and O–H groups in total. The Hall–Kier alpha value is -2.54. The number of benzene rings is 1. The molecule has 0 fully saturated rings. The lowest BCUT2D eigenvalue weighted by atomic mass is 10.2. The molecule has 8 heteroatoms. The lowest BCUT2D eigenvalue weighted by Crippen LogP contribution is -2.21. The lowest BCUT2D eigenvalue weighted by Gasteiger charge is -2.15. The average molecular weight is 356 g/mol. The van der Waals surface area contributed by atoms with Gasteiger partial charge >= 0.3 is 17.9 Å². The second kappa shape index (κ2) is 8.93. The van der Waals surface area contributed by atoms with Gasteiger partial charge in [0.15, 0.2) is 0 Å². The molecule has 0 radical (unpaired) electrons. The summed E-state index contributed by atoms with van der Waals surface area (Å²) < 4.78 is 9.71. The van der Waals surface area contributed by atoms with E-state index in [-0.39, 0.29) is 28.1 Å². The highest BCUT2D eigenvalue weighted by molar-refractivity contribution is 6.33. The minimum atomic E-state index is -1.33. The summed E-state index contributed by atoms with van der Waals surface area (Å²) in [5, 5.41) is 11.7. The molecule has 24 heavy (non-hydrogen) atoms. The Morgan fingerprint density at radius 3 is 2.58 bits per heavy atom. The number of esters is 2. The summed E-state index contributed by atoms with van der Waals surface area (Å²) in [6, 6.07) is 4.21. The molecule has 0 aromatic heterocycles. The normalized spacial score (nSPS) is 12.2. The molecule has 0 spiro atoms. The quantitative estimate of drug-likeness (QED) is 0.572. The number of ether oxygens (including phenoxy) is 2. The van der Waals surface area contributed by atoms with E-state index < -0.39 is 17.9 Å². The van der Waals surface area contributed by atoms with Gasteiger partial charge in [0, 0.05) is 0 Å². The number of carbonyl (C=O) groups excluding carboxylic acids is 2. The first-order chi connectivity index (χ1) is 11.3. The largest absolute Gasteiger partial charge is 0.478 e. The van der Waals surface area contributed by atoms with Crippen molar-refractivity contribution in [3.05, 3.63) is 40.6 Å². The van der Waals surface area contributed by atoms with E-state index in [0.29, 0.717) is 12.5 Å². The van der Waals surface area contributed by atoms with Gasteiger partial charge in [-0.05, 0) is 31.5 Å². The molecule has 0 aliphatic rings. The first-order valence-corrected chi connectivity index (χ1v) is 7.46. The number of aliphatic carboxylic acids is 1. The van der Waals surface area contributed by atoms with Crippen molar-refractivity contribution in [3.63, 3.8) is 0 Å². The number of carboxylic acid groups (broad SMARTS) is 1. The molecule has 7 nitrogen and oxygen atoms in total. The highest BCUT2D eigenvalue weighted by Gasteiger charge is 2.18. The second-order valence-corrected chi connectivity index (χ2v) is 5.24. The van der Waals surface area contributed by atoms with Crippen molar-refractivity contribution in [2.24, 2.45) is 0 Å². The van der Waals surface area contributed by atoms with E-state index in [0.717, 1.165) is 0 Å². The van der Waals surface area contributed by atoms with Gasteiger partial charge in [-0.15, -0.1) is 0 Å². The van der Waals surface area contributed by atoms with Crippen molar-refractivity contribution in [2.75, 3.05) is 12.4 Å². The maximum absolute atomic E-state index is 12.1. The maximum Gasteiger partial charge on any atom is 0.355 e. The number of methoxy groups -OCH3 is 1. The fourth-order valence-electron chi connectivity index (χ4n) is 1.61. The van der Waals surface area contributed by atoms with E-state index in [9.17, 15) is 14.4 Å². The van der Waals surface area contributed by atoms with Crippen molar-refractivity contribution in [1.29, 1.82) is 0 Å². The fourth-order valence-corrected chi connectivity index (χ4v) is 1.77. The maximum atomic E-state index is 12.1. The number of carbonyl (C=O) groups is 3.